The molecule has 3 aliphatic rings. The van der Waals surface area contributed by atoms with Crippen molar-refractivity contribution in [3.8, 4) is 0 Å². The standard InChI is InChI=1S/C29H39Br2ClN4O6S3/c30-23-18-25(43-26(23)32)45(41,42)36-15-9-21(10-16-36)6-4-5-20-7-13-35(14-8-20)27-24(31)17-22(19-33-27)44(39,40)34-29(28(37)38)11-2-1-3-12-29/h17-21,34H,1-16H2,(H,37,38). The fraction of sp³-hybridized carbons (Fsp3) is 0.655. The van der Waals surface area contributed by atoms with Gasteiger partial charge < -0.3 is 10.0 Å². The van der Waals surface area contributed by atoms with Gasteiger partial charge in [0.25, 0.3) is 10.0 Å². The number of nitrogens with zero attached hydrogens (tertiary/aromatic N) is 3. The van der Waals surface area contributed by atoms with Crippen molar-refractivity contribution in [1.82, 2.24) is 14.0 Å². The molecule has 0 aromatic carbocycles. The average molecular weight is 831 g/mol. The molecule has 0 spiro atoms. The van der Waals surface area contributed by atoms with Crippen molar-refractivity contribution in [2.24, 2.45) is 11.8 Å². The minimum absolute atomic E-state index is 0.0494. The van der Waals surface area contributed by atoms with E-state index in [9.17, 15) is 26.7 Å². The second kappa shape index (κ2) is 14.8. The van der Waals surface area contributed by atoms with Gasteiger partial charge in [0.15, 0.2) is 0 Å². The van der Waals surface area contributed by atoms with Crippen molar-refractivity contribution in [2.45, 2.75) is 91.7 Å². The van der Waals surface area contributed by atoms with E-state index in [-0.39, 0.29) is 21.9 Å². The third kappa shape index (κ3) is 8.26. The van der Waals surface area contributed by atoms with Crippen molar-refractivity contribution in [3.63, 3.8) is 0 Å². The number of sulfonamides is 2. The number of piperidine rings is 2. The first kappa shape index (κ1) is 35.5. The van der Waals surface area contributed by atoms with Crippen LogP contribution in [0.25, 0.3) is 0 Å². The summed E-state index contributed by atoms with van der Waals surface area (Å²) >= 11 is 14.0. The molecular formula is C29H39Br2ClN4O6S3. The molecule has 0 unspecified atom stereocenters. The summed E-state index contributed by atoms with van der Waals surface area (Å²) < 4.78 is 58.3. The quantitative estimate of drug-likeness (QED) is 0.251. The highest BCUT2D eigenvalue weighted by molar-refractivity contribution is 9.11. The maximum absolute atomic E-state index is 13.2. The molecule has 10 nitrogen and oxygen atoms in total. The molecule has 3 fully saturated rings. The Kier molecular flexibility index (Phi) is 11.6. The molecule has 1 aliphatic carbocycles. The number of nitrogens with one attached hydrogen (secondary N) is 1. The number of thiophene rings is 1. The van der Waals surface area contributed by atoms with Crippen molar-refractivity contribution in [2.75, 3.05) is 31.1 Å². The summed E-state index contributed by atoms with van der Waals surface area (Å²) in [5.41, 5.74) is -1.47. The number of halogens is 3. The summed E-state index contributed by atoms with van der Waals surface area (Å²) in [6.45, 7) is 2.72. The van der Waals surface area contributed by atoms with Gasteiger partial charge in [-0.05, 0) is 94.4 Å². The van der Waals surface area contributed by atoms with Crippen molar-refractivity contribution >= 4 is 86.6 Å². The average Bonchev–Trinajstić information content (AvgIpc) is 3.36. The molecule has 1 saturated carbocycles. The van der Waals surface area contributed by atoms with Gasteiger partial charge in [-0.3, -0.25) is 4.79 Å². The fourth-order valence-corrected chi connectivity index (χ4v) is 12.8. The number of hydrogen-bond acceptors (Lipinski definition) is 8. The molecule has 16 heteroatoms. The molecule has 4 heterocycles. The normalized spacial score (nSPS) is 20.8. The van der Waals surface area contributed by atoms with E-state index in [0.29, 0.717) is 56.9 Å². The van der Waals surface area contributed by atoms with Gasteiger partial charge in [0, 0.05) is 36.8 Å². The lowest BCUT2D eigenvalue weighted by Crippen LogP contribution is -2.55. The second-order valence-electron chi connectivity index (χ2n) is 12.4. The maximum atomic E-state index is 13.2. The number of rotatable bonds is 11. The highest BCUT2D eigenvalue weighted by atomic mass is 79.9. The number of carbonyl (C=O) groups is 1. The molecule has 5 rings (SSSR count). The van der Waals surface area contributed by atoms with E-state index in [1.807, 2.05) is 0 Å². The Morgan fingerprint density at radius 3 is 2.11 bits per heavy atom. The summed E-state index contributed by atoms with van der Waals surface area (Å²) in [6, 6.07) is 3.10. The summed E-state index contributed by atoms with van der Waals surface area (Å²) in [6.07, 6.45) is 11.2. The van der Waals surface area contributed by atoms with Crippen LogP contribution in [-0.4, -0.2) is 68.9 Å². The summed E-state index contributed by atoms with van der Waals surface area (Å²) in [5.74, 6) is 0.691. The number of aromatic nitrogens is 1. The molecule has 2 aliphatic heterocycles. The zero-order valence-electron chi connectivity index (χ0n) is 24.9. The van der Waals surface area contributed by atoms with Crippen LogP contribution >= 0.6 is 54.8 Å². The van der Waals surface area contributed by atoms with Crippen LogP contribution in [0.1, 0.15) is 77.0 Å². The van der Waals surface area contributed by atoms with Gasteiger partial charge in [-0.25, -0.2) is 21.8 Å². The molecule has 0 amide bonds. The minimum Gasteiger partial charge on any atom is -0.480 e. The number of carboxylic acids is 1. The third-order valence-electron chi connectivity index (χ3n) is 9.48. The Balaban J connectivity index is 1.06. The molecule has 2 N–H and O–H groups in total. The lowest BCUT2D eigenvalue weighted by Gasteiger charge is -2.34. The van der Waals surface area contributed by atoms with Crippen molar-refractivity contribution < 1.29 is 26.7 Å². The molecule has 2 aromatic heterocycles. The fourth-order valence-electron chi connectivity index (χ4n) is 6.77. The van der Waals surface area contributed by atoms with E-state index >= 15 is 0 Å². The zero-order chi connectivity index (χ0) is 32.4. The topological polar surface area (TPSA) is 137 Å². The predicted octanol–water partition coefficient (Wildman–Crippen LogP) is 6.87. The van der Waals surface area contributed by atoms with E-state index in [0.717, 1.165) is 75.8 Å². The number of hydrogen-bond donors (Lipinski definition) is 2. The highest BCUT2D eigenvalue weighted by Gasteiger charge is 2.43. The first-order chi connectivity index (χ1) is 21.3. The lowest BCUT2D eigenvalue weighted by atomic mass is 9.83. The summed E-state index contributed by atoms with van der Waals surface area (Å²) in [7, 11) is -7.57. The van der Waals surface area contributed by atoms with Crippen LogP contribution < -0.4 is 9.62 Å². The number of carboxylic acid groups (broad SMARTS) is 1. The van der Waals surface area contributed by atoms with E-state index in [2.05, 4.69) is 46.5 Å². The molecule has 0 bridgehead atoms. The third-order valence-corrected chi connectivity index (χ3v) is 16.4. The van der Waals surface area contributed by atoms with Gasteiger partial charge in [-0.2, -0.15) is 9.03 Å². The smallest absolute Gasteiger partial charge is 0.324 e. The second-order valence-corrected chi connectivity index (χ2v) is 19.6. The van der Waals surface area contributed by atoms with Crippen LogP contribution in [0.3, 0.4) is 0 Å². The number of anilines is 1. The first-order valence-corrected chi connectivity index (χ1v) is 21.1. The molecule has 250 valence electrons. The Bertz CT molecular complexity index is 1570. The number of aliphatic carboxylic acids is 1. The Morgan fingerprint density at radius 2 is 1.58 bits per heavy atom. The summed E-state index contributed by atoms with van der Waals surface area (Å²) in [4.78, 5) is 18.6. The van der Waals surface area contributed by atoms with Gasteiger partial charge in [0.2, 0.25) is 10.0 Å². The van der Waals surface area contributed by atoms with Gasteiger partial charge >= 0.3 is 5.97 Å². The number of pyridine rings is 1. The Hall–Kier alpha value is -0.810. The highest BCUT2D eigenvalue weighted by Crippen LogP contribution is 2.38. The van der Waals surface area contributed by atoms with E-state index in [4.69, 9.17) is 11.6 Å². The molecular weight excluding hydrogens is 792 g/mol. The zero-order valence-corrected chi connectivity index (χ0v) is 31.3. The SMILES string of the molecule is O=C(O)C1(NS(=O)(=O)c2cnc(N3CCC(CCCC4CCN(S(=O)(=O)c5cc(Br)c(Cl)s5)CC4)CC3)c(Br)c2)CCCCC1. The molecule has 0 radical (unpaired) electrons. The monoisotopic (exact) mass is 828 g/mol. The molecule has 45 heavy (non-hydrogen) atoms. The van der Waals surface area contributed by atoms with E-state index < -0.39 is 31.6 Å². The van der Waals surface area contributed by atoms with Gasteiger partial charge in [0.1, 0.15) is 24.8 Å². The molecule has 2 aromatic rings. The van der Waals surface area contributed by atoms with Crippen molar-refractivity contribution in [3.05, 3.63) is 31.6 Å². The van der Waals surface area contributed by atoms with E-state index in [1.54, 1.807) is 10.4 Å². The van der Waals surface area contributed by atoms with Crippen LogP contribution in [0.2, 0.25) is 4.34 Å². The van der Waals surface area contributed by atoms with Crippen LogP contribution in [0.4, 0.5) is 5.82 Å². The maximum Gasteiger partial charge on any atom is 0.324 e. The van der Waals surface area contributed by atoms with Gasteiger partial charge in [-0.15, -0.1) is 11.3 Å². The predicted molar refractivity (Wildman–Crippen MR) is 183 cm³/mol. The Morgan fingerprint density at radius 1 is 0.978 bits per heavy atom. The van der Waals surface area contributed by atoms with Gasteiger partial charge in [0.05, 0.1) is 4.47 Å². The van der Waals surface area contributed by atoms with Crippen LogP contribution in [0.5, 0.6) is 0 Å². The van der Waals surface area contributed by atoms with Gasteiger partial charge in [-0.1, -0.05) is 50.1 Å². The first-order valence-electron chi connectivity index (χ1n) is 15.4. The minimum atomic E-state index is -4.07. The van der Waals surface area contributed by atoms with Crippen LogP contribution in [-0.2, 0) is 24.8 Å². The summed E-state index contributed by atoms with van der Waals surface area (Å²) in [5, 5.41) is 9.80. The Labute approximate surface area is 291 Å². The molecule has 2 saturated heterocycles. The lowest BCUT2D eigenvalue weighted by molar-refractivity contribution is -0.145. The van der Waals surface area contributed by atoms with Crippen LogP contribution in [0, 0.1) is 11.8 Å². The van der Waals surface area contributed by atoms with Crippen molar-refractivity contribution in [1.29, 1.82) is 0 Å². The van der Waals surface area contributed by atoms with Crippen LogP contribution in [0.15, 0.2) is 36.4 Å². The largest absolute Gasteiger partial charge is 0.480 e. The molecule has 0 atom stereocenters. The van der Waals surface area contributed by atoms with E-state index in [1.165, 1.54) is 12.3 Å².